The molecule has 0 N–H and O–H groups in total. The maximum Gasteiger partial charge on any atom is 0.373 e. The van der Waals surface area contributed by atoms with Gasteiger partial charge in [0.2, 0.25) is 0 Å². The van der Waals surface area contributed by atoms with E-state index in [4.69, 9.17) is 32.2 Å². The molecule has 0 rings (SSSR count). The van der Waals surface area contributed by atoms with Gasteiger partial charge >= 0.3 is 7.60 Å². The summed E-state index contributed by atoms with van der Waals surface area (Å²) < 4.78 is 21.3. The predicted octanol–water partition coefficient (Wildman–Crippen LogP) is 3.53. The summed E-state index contributed by atoms with van der Waals surface area (Å²) in [5.41, 5.74) is 0.994. The van der Waals surface area contributed by atoms with Gasteiger partial charge in [0.25, 0.3) is 0 Å². The molecule has 0 aromatic carbocycles. The third-order valence-electron chi connectivity index (χ3n) is 0.950. The second-order valence-corrected chi connectivity index (χ2v) is 4.65. The summed E-state index contributed by atoms with van der Waals surface area (Å²) in [6.07, 6.45) is 0. The monoisotopic (exact) mass is 232 g/mol. The van der Waals surface area contributed by atoms with Gasteiger partial charge < -0.3 is 9.05 Å². The summed E-state index contributed by atoms with van der Waals surface area (Å²) in [7, 11) is -3.32. The molecule has 0 saturated carbocycles. The van der Waals surface area contributed by atoms with E-state index in [-0.39, 0.29) is 18.0 Å². The predicted molar refractivity (Wildman–Crippen MR) is 50.6 cm³/mol. The molecule has 0 fully saturated rings. The summed E-state index contributed by atoms with van der Waals surface area (Å²) in [5.74, 6) is 0. The van der Waals surface area contributed by atoms with Gasteiger partial charge in [0.15, 0.2) is 0 Å². The van der Waals surface area contributed by atoms with Crippen LogP contribution in [0, 0.1) is 0 Å². The molecular formula is C6H11Cl2O3P. The molecule has 0 radical (unpaired) electrons. The molecule has 0 atom stereocenters. The van der Waals surface area contributed by atoms with Gasteiger partial charge in [-0.05, 0) is 13.8 Å². The maximum absolute atomic E-state index is 11.6. The van der Waals surface area contributed by atoms with Gasteiger partial charge in [-0.2, -0.15) is 0 Å². The van der Waals surface area contributed by atoms with Crippen molar-refractivity contribution in [2.24, 2.45) is 0 Å². The number of hydrogen-bond donors (Lipinski definition) is 0. The van der Waals surface area contributed by atoms with Crippen molar-refractivity contribution in [3.05, 3.63) is 10.3 Å². The Kier molecular flexibility index (Phi) is 6.24. The highest BCUT2D eigenvalue weighted by atomic mass is 35.5. The zero-order chi connectivity index (χ0) is 9.61. The number of halogens is 2. The van der Waals surface area contributed by atoms with Crippen LogP contribution in [-0.2, 0) is 13.6 Å². The second-order valence-electron chi connectivity index (χ2n) is 1.76. The van der Waals surface area contributed by atoms with Crippen molar-refractivity contribution < 1.29 is 13.6 Å². The minimum absolute atomic E-state index is 0.0899. The smallest absolute Gasteiger partial charge is 0.305 e. The van der Waals surface area contributed by atoms with Crippen molar-refractivity contribution >= 4 is 30.8 Å². The third-order valence-corrected chi connectivity index (χ3v) is 4.01. The summed E-state index contributed by atoms with van der Waals surface area (Å²) in [6.45, 7) is 3.92. The minimum atomic E-state index is -3.32. The molecule has 0 aliphatic rings. The highest BCUT2D eigenvalue weighted by molar-refractivity contribution is 7.61. The summed E-state index contributed by atoms with van der Waals surface area (Å²) in [4.78, 5) is 0. The van der Waals surface area contributed by atoms with Crippen LogP contribution in [0.15, 0.2) is 10.3 Å². The molecule has 0 aromatic heterocycles. The molecule has 0 aliphatic carbocycles. The SMILES string of the molecule is CCOP(=O)(OCC)/C(Cl)=C/Cl. The molecule has 0 saturated heterocycles. The summed E-state index contributed by atoms with van der Waals surface area (Å²) in [5, 5.41) is 0. The van der Waals surface area contributed by atoms with Gasteiger partial charge in [0.05, 0.1) is 13.2 Å². The molecule has 0 spiro atoms. The highest BCUT2D eigenvalue weighted by Gasteiger charge is 2.27. The van der Waals surface area contributed by atoms with E-state index < -0.39 is 7.60 Å². The van der Waals surface area contributed by atoms with Gasteiger partial charge in [-0.3, -0.25) is 4.57 Å². The largest absolute Gasteiger partial charge is 0.373 e. The molecule has 12 heavy (non-hydrogen) atoms. The van der Waals surface area contributed by atoms with Crippen molar-refractivity contribution in [2.75, 3.05) is 13.2 Å². The molecule has 0 unspecified atom stereocenters. The van der Waals surface area contributed by atoms with Crippen LogP contribution in [0.1, 0.15) is 13.8 Å². The van der Waals surface area contributed by atoms with E-state index in [2.05, 4.69) is 0 Å². The first-order chi connectivity index (χ1) is 5.60. The van der Waals surface area contributed by atoms with Crippen molar-refractivity contribution in [3.63, 3.8) is 0 Å². The Morgan fingerprint density at radius 2 is 1.83 bits per heavy atom. The first kappa shape index (κ1) is 12.5. The fourth-order valence-corrected chi connectivity index (χ4v) is 2.33. The zero-order valence-corrected chi connectivity index (χ0v) is 9.33. The standard InChI is InChI=1S/C6H11Cl2O3P/c1-3-10-12(9,11-4-2)6(8)5-7/h5H,3-4H2,1-2H3/b6-5+. The van der Waals surface area contributed by atoms with Crippen LogP contribution in [-0.4, -0.2) is 13.2 Å². The normalized spacial score (nSPS) is 13.5. The van der Waals surface area contributed by atoms with Gasteiger partial charge in [-0.15, -0.1) is 0 Å². The van der Waals surface area contributed by atoms with Crippen LogP contribution in [0.4, 0.5) is 0 Å². The van der Waals surface area contributed by atoms with Crippen molar-refractivity contribution in [1.82, 2.24) is 0 Å². The van der Waals surface area contributed by atoms with E-state index in [0.717, 1.165) is 5.54 Å². The minimum Gasteiger partial charge on any atom is -0.305 e. The summed E-state index contributed by atoms with van der Waals surface area (Å²) in [6, 6.07) is 0. The Bertz CT molecular complexity index is 195. The molecule has 3 nitrogen and oxygen atoms in total. The van der Waals surface area contributed by atoms with Crippen LogP contribution in [0.25, 0.3) is 0 Å². The molecule has 6 heteroatoms. The molecular weight excluding hydrogens is 222 g/mol. The van der Waals surface area contributed by atoms with Gasteiger partial charge in [0, 0.05) is 5.54 Å². The summed E-state index contributed by atoms with van der Waals surface area (Å²) >= 11 is 10.8. The lowest BCUT2D eigenvalue weighted by molar-refractivity contribution is 0.228. The van der Waals surface area contributed by atoms with E-state index in [1.165, 1.54) is 0 Å². The molecule has 0 aliphatic heterocycles. The lowest BCUT2D eigenvalue weighted by atomic mass is 10.9. The topological polar surface area (TPSA) is 35.5 Å². The van der Waals surface area contributed by atoms with Gasteiger partial charge in [-0.1, -0.05) is 23.2 Å². The lowest BCUT2D eigenvalue weighted by Gasteiger charge is -2.14. The van der Waals surface area contributed by atoms with E-state index in [1.54, 1.807) is 13.8 Å². The molecule has 0 amide bonds. The van der Waals surface area contributed by atoms with E-state index in [1.807, 2.05) is 0 Å². The molecule has 0 bridgehead atoms. The van der Waals surface area contributed by atoms with Crippen LogP contribution in [0.5, 0.6) is 0 Å². The Balaban J connectivity index is 4.50. The van der Waals surface area contributed by atoms with Crippen LogP contribution in [0.2, 0.25) is 0 Å². The molecule has 72 valence electrons. The third kappa shape index (κ3) is 3.46. The Morgan fingerprint density at radius 3 is 2.08 bits per heavy atom. The highest BCUT2D eigenvalue weighted by Crippen LogP contribution is 2.57. The van der Waals surface area contributed by atoms with Crippen molar-refractivity contribution in [1.29, 1.82) is 0 Å². The van der Waals surface area contributed by atoms with Crippen LogP contribution < -0.4 is 0 Å². The van der Waals surface area contributed by atoms with Crippen LogP contribution >= 0.6 is 30.8 Å². The first-order valence-electron chi connectivity index (χ1n) is 3.46. The Labute approximate surface area is 82.2 Å². The zero-order valence-electron chi connectivity index (χ0n) is 6.92. The van der Waals surface area contributed by atoms with Crippen LogP contribution in [0.3, 0.4) is 0 Å². The maximum atomic E-state index is 11.6. The number of rotatable bonds is 5. The quantitative estimate of drug-likeness (QED) is 0.681. The van der Waals surface area contributed by atoms with Gasteiger partial charge in [-0.25, -0.2) is 0 Å². The lowest BCUT2D eigenvalue weighted by Crippen LogP contribution is -1.95. The number of hydrogen-bond acceptors (Lipinski definition) is 3. The Hall–Kier alpha value is 0.470. The van der Waals surface area contributed by atoms with E-state index in [0.29, 0.717) is 0 Å². The average Bonchev–Trinajstić information content (AvgIpc) is 2.04. The fourth-order valence-electron chi connectivity index (χ4n) is 0.560. The first-order valence-corrected chi connectivity index (χ1v) is 5.82. The van der Waals surface area contributed by atoms with E-state index in [9.17, 15) is 4.57 Å². The average molecular weight is 233 g/mol. The van der Waals surface area contributed by atoms with Crippen molar-refractivity contribution in [3.8, 4) is 0 Å². The van der Waals surface area contributed by atoms with Gasteiger partial charge in [0.1, 0.15) is 4.77 Å². The molecule has 0 aromatic rings. The molecule has 0 heterocycles. The fraction of sp³-hybridized carbons (Fsp3) is 0.667. The Morgan fingerprint density at radius 1 is 1.42 bits per heavy atom. The van der Waals surface area contributed by atoms with E-state index >= 15 is 0 Å². The second kappa shape index (κ2) is 6.01. The van der Waals surface area contributed by atoms with Crippen molar-refractivity contribution in [2.45, 2.75) is 13.8 Å².